The summed E-state index contributed by atoms with van der Waals surface area (Å²) in [6.45, 7) is 1.94. The van der Waals surface area contributed by atoms with Crippen molar-refractivity contribution in [2.75, 3.05) is 0 Å². The van der Waals surface area contributed by atoms with Gasteiger partial charge in [-0.3, -0.25) is 0 Å². The third kappa shape index (κ3) is 2.33. The van der Waals surface area contributed by atoms with Crippen molar-refractivity contribution in [3.8, 4) is 0 Å². The molecule has 4 heteroatoms. The van der Waals surface area contributed by atoms with Gasteiger partial charge in [0.2, 0.25) is 0 Å². The summed E-state index contributed by atoms with van der Waals surface area (Å²) in [7, 11) is 0. The Morgan fingerprint density at radius 3 is 2.69 bits per heavy atom. The van der Waals surface area contributed by atoms with E-state index in [1.54, 1.807) is 11.3 Å². The first-order valence-electron chi connectivity index (χ1n) is 4.75. The molecule has 16 heavy (non-hydrogen) atoms. The molecule has 2 aromatic rings. The molecule has 1 aromatic heterocycles. The molecule has 1 unspecified atom stereocenters. The molecule has 0 saturated carbocycles. The van der Waals surface area contributed by atoms with Crippen LogP contribution in [0.2, 0.25) is 5.02 Å². The van der Waals surface area contributed by atoms with E-state index in [0.29, 0.717) is 5.02 Å². The lowest BCUT2D eigenvalue weighted by Crippen LogP contribution is -1.99. The van der Waals surface area contributed by atoms with Crippen LogP contribution in [0.15, 0.2) is 33.4 Å². The van der Waals surface area contributed by atoms with E-state index in [1.807, 2.05) is 35.9 Å². The Hall–Kier alpha value is -0.350. The highest BCUT2D eigenvalue weighted by atomic mass is 79.9. The maximum Gasteiger partial charge on any atom is 0.106 e. The minimum absolute atomic E-state index is 0.626. The van der Waals surface area contributed by atoms with Gasteiger partial charge in [-0.05, 0) is 45.4 Å². The van der Waals surface area contributed by atoms with Crippen LogP contribution in [-0.4, -0.2) is 5.11 Å². The van der Waals surface area contributed by atoms with E-state index in [2.05, 4.69) is 15.9 Å². The molecule has 0 fully saturated rings. The normalized spacial score (nSPS) is 12.8. The molecule has 0 spiro atoms. The summed E-state index contributed by atoms with van der Waals surface area (Å²) in [5, 5.41) is 14.8. The molecule has 2 rings (SSSR count). The summed E-state index contributed by atoms with van der Waals surface area (Å²) < 4.78 is 0.932. The van der Waals surface area contributed by atoms with Gasteiger partial charge in [-0.2, -0.15) is 11.3 Å². The van der Waals surface area contributed by atoms with Crippen LogP contribution >= 0.6 is 38.9 Å². The summed E-state index contributed by atoms with van der Waals surface area (Å²) in [6.07, 6.45) is -0.626. The van der Waals surface area contributed by atoms with Crippen molar-refractivity contribution in [3.05, 3.63) is 55.1 Å². The highest BCUT2D eigenvalue weighted by Gasteiger charge is 2.15. The molecule has 0 saturated heterocycles. The second-order valence-electron chi connectivity index (χ2n) is 3.59. The van der Waals surface area contributed by atoms with Crippen LogP contribution in [-0.2, 0) is 0 Å². The third-order valence-electron chi connectivity index (χ3n) is 2.45. The number of halogens is 2. The maximum absolute atomic E-state index is 10.2. The van der Waals surface area contributed by atoms with Crippen LogP contribution in [0.4, 0.5) is 0 Å². The average molecular weight is 318 g/mol. The molecular weight excluding hydrogens is 308 g/mol. The lowest BCUT2D eigenvalue weighted by Gasteiger charge is -2.11. The van der Waals surface area contributed by atoms with Crippen molar-refractivity contribution in [2.24, 2.45) is 0 Å². The Kier molecular flexibility index (Phi) is 3.70. The van der Waals surface area contributed by atoms with E-state index in [1.165, 1.54) is 0 Å². The summed E-state index contributed by atoms with van der Waals surface area (Å²) in [6, 6.07) is 5.63. The number of hydrogen-bond acceptors (Lipinski definition) is 2. The molecule has 1 aromatic carbocycles. The lowest BCUT2D eigenvalue weighted by atomic mass is 10.0. The predicted octanol–water partition coefficient (Wildman–Crippen LogP) is 4.55. The van der Waals surface area contributed by atoms with Crippen molar-refractivity contribution in [1.82, 2.24) is 0 Å². The standard InChI is InChI=1S/C12H10BrClOS/c1-7-2-3-8(4-11(7)14)12(15)9-5-16-6-10(9)13/h2-6,12,15H,1H3. The summed E-state index contributed by atoms with van der Waals surface area (Å²) in [4.78, 5) is 0. The van der Waals surface area contributed by atoms with Gasteiger partial charge in [0.15, 0.2) is 0 Å². The smallest absolute Gasteiger partial charge is 0.106 e. The topological polar surface area (TPSA) is 20.2 Å². The van der Waals surface area contributed by atoms with Gasteiger partial charge in [0, 0.05) is 20.4 Å². The van der Waals surface area contributed by atoms with Gasteiger partial charge in [-0.15, -0.1) is 0 Å². The third-order valence-corrected chi connectivity index (χ3v) is 4.61. The van der Waals surface area contributed by atoms with E-state index in [0.717, 1.165) is 21.2 Å². The van der Waals surface area contributed by atoms with Crippen molar-refractivity contribution in [3.63, 3.8) is 0 Å². The lowest BCUT2D eigenvalue weighted by molar-refractivity contribution is 0.220. The molecule has 1 heterocycles. The summed E-state index contributed by atoms with van der Waals surface area (Å²) >= 11 is 11.0. The number of aliphatic hydroxyl groups excluding tert-OH is 1. The van der Waals surface area contributed by atoms with Crippen LogP contribution in [0.1, 0.15) is 22.8 Å². The molecule has 0 aliphatic heterocycles. The molecule has 84 valence electrons. The zero-order valence-corrected chi connectivity index (χ0v) is 11.7. The van der Waals surface area contributed by atoms with Gasteiger partial charge in [0.1, 0.15) is 6.10 Å². The fraction of sp³-hybridized carbons (Fsp3) is 0.167. The first kappa shape index (κ1) is 12.1. The van der Waals surface area contributed by atoms with Crippen LogP contribution < -0.4 is 0 Å². The Labute approximate surface area is 112 Å². The summed E-state index contributed by atoms with van der Waals surface area (Å²) in [5.41, 5.74) is 2.71. The van der Waals surface area contributed by atoms with Gasteiger partial charge in [-0.1, -0.05) is 23.7 Å². The molecule has 1 atom stereocenters. The Bertz CT molecular complexity index is 509. The Balaban J connectivity index is 2.38. The monoisotopic (exact) mass is 316 g/mol. The van der Waals surface area contributed by atoms with Crippen molar-refractivity contribution < 1.29 is 5.11 Å². The highest BCUT2D eigenvalue weighted by molar-refractivity contribution is 9.10. The number of hydrogen-bond donors (Lipinski definition) is 1. The van der Waals surface area contributed by atoms with E-state index in [4.69, 9.17) is 11.6 Å². The van der Waals surface area contributed by atoms with Gasteiger partial charge in [-0.25, -0.2) is 0 Å². The number of aryl methyl sites for hydroxylation is 1. The molecule has 1 nitrogen and oxygen atoms in total. The number of thiophene rings is 1. The molecular formula is C12H10BrClOS. The van der Waals surface area contributed by atoms with Crippen molar-refractivity contribution in [1.29, 1.82) is 0 Å². The van der Waals surface area contributed by atoms with Crippen molar-refractivity contribution >= 4 is 38.9 Å². The van der Waals surface area contributed by atoms with Gasteiger partial charge in [0.05, 0.1) is 0 Å². The minimum atomic E-state index is -0.626. The van der Waals surface area contributed by atoms with Crippen LogP contribution in [0, 0.1) is 6.92 Å². The van der Waals surface area contributed by atoms with Crippen LogP contribution in [0.3, 0.4) is 0 Å². The second-order valence-corrected chi connectivity index (χ2v) is 5.59. The van der Waals surface area contributed by atoms with E-state index in [9.17, 15) is 5.11 Å². The first-order chi connectivity index (χ1) is 7.59. The quantitative estimate of drug-likeness (QED) is 0.861. The molecule has 0 amide bonds. The SMILES string of the molecule is Cc1ccc(C(O)c2cscc2Br)cc1Cl. The van der Waals surface area contributed by atoms with Crippen LogP contribution in [0.25, 0.3) is 0 Å². The Morgan fingerprint density at radius 2 is 2.12 bits per heavy atom. The van der Waals surface area contributed by atoms with Gasteiger partial charge < -0.3 is 5.11 Å². The molecule has 0 radical (unpaired) electrons. The number of benzene rings is 1. The van der Waals surface area contributed by atoms with E-state index in [-0.39, 0.29) is 0 Å². The molecule has 0 aliphatic carbocycles. The average Bonchev–Trinajstić information content (AvgIpc) is 2.67. The fourth-order valence-electron chi connectivity index (χ4n) is 1.45. The predicted molar refractivity (Wildman–Crippen MR) is 72.3 cm³/mol. The number of aliphatic hydroxyl groups is 1. The Morgan fingerprint density at radius 1 is 1.38 bits per heavy atom. The van der Waals surface area contributed by atoms with E-state index >= 15 is 0 Å². The zero-order valence-electron chi connectivity index (χ0n) is 8.58. The zero-order chi connectivity index (χ0) is 11.7. The van der Waals surface area contributed by atoms with Crippen molar-refractivity contribution in [2.45, 2.75) is 13.0 Å². The second kappa shape index (κ2) is 4.88. The summed E-state index contributed by atoms with van der Waals surface area (Å²) in [5.74, 6) is 0. The first-order valence-corrected chi connectivity index (χ1v) is 6.86. The van der Waals surface area contributed by atoms with Crippen LogP contribution in [0.5, 0.6) is 0 Å². The molecule has 0 bridgehead atoms. The van der Waals surface area contributed by atoms with Gasteiger partial charge in [0.25, 0.3) is 0 Å². The molecule has 1 N–H and O–H groups in total. The van der Waals surface area contributed by atoms with Gasteiger partial charge >= 0.3 is 0 Å². The maximum atomic E-state index is 10.2. The largest absolute Gasteiger partial charge is 0.384 e. The minimum Gasteiger partial charge on any atom is -0.384 e. The molecule has 0 aliphatic rings. The fourth-order valence-corrected chi connectivity index (χ4v) is 3.17. The number of rotatable bonds is 2. The highest BCUT2D eigenvalue weighted by Crippen LogP contribution is 2.32. The van der Waals surface area contributed by atoms with E-state index < -0.39 is 6.10 Å².